The van der Waals surface area contributed by atoms with E-state index in [2.05, 4.69) is 4.98 Å². The van der Waals surface area contributed by atoms with E-state index in [1.165, 1.54) is 6.07 Å². The number of aromatic amines is 1. The highest BCUT2D eigenvalue weighted by atomic mass is 35.5. The number of benzene rings is 2. The molecule has 5 nitrogen and oxygen atoms in total. The minimum absolute atomic E-state index is 0.0736. The minimum Gasteiger partial charge on any atom is -0.441 e. The van der Waals surface area contributed by atoms with Crippen molar-refractivity contribution in [3.05, 3.63) is 86.5 Å². The molecule has 0 saturated carbocycles. The van der Waals surface area contributed by atoms with Gasteiger partial charge in [-0.05, 0) is 36.4 Å². The Kier molecular flexibility index (Phi) is 3.80. The van der Waals surface area contributed by atoms with Crippen LogP contribution in [0.2, 0.25) is 5.02 Å². The lowest BCUT2D eigenvalue weighted by Gasteiger charge is -2.08. The zero-order chi connectivity index (χ0) is 15.5. The van der Waals surface area contributed by atoms with Gasteiger partial charge in [0.15, 0.2) is 0 Å². The van der Waals surface area contributed by atoms with Gasteiger partial charge in [0.1, 0.15) is 5.75 Å². The number of hydrogen-bond acceptors (Lipinski definition) is 3. The molecule has 0 atom stereocenters. The van der Waals surface area contributed by atoms with Crippen molar-refractivity contribution in [1.82, 2.24) is 9.55 Å². The first-order valence-electron chi connectivity index (χ1n) is 6.49. The summed E-state index contributed by atoms with van der Waals surface area (Å²) in [5.41, 5.74) is -0.548. The van der Waals surface area contributed by atoms with E-state index in [4.69, 9.17) is 16.3 Å². The predicted molar refractivity (Wildman–Crippen MR) is 84.2 cm³/mol. The van der Waals surface area contributed by atoms with Gasteiger partial charge in [0.25, 0.3) is 5.56 Å². The first kappa shape index (κ1) is 14.2. The van der Waals surface area contributed by atoms with Crippen molar-refractivity contribution >= 4 is 11.6 Å². The van der Waals surface area contributed by atoms with Gasteiger partial charge in [0, 0.05) is 5.02 Å². The summed E-state index contributed by atoms with van der Waals surface area (Å²) in [6.45, 7) is 0. The fraction of sp³-hybridized carbons (Fsp3) is 0. The van der Waals surface area contributed by atoms with Gasteiger partial charge in [-0.3, -0.25) is 9.78 Å². The van der Waals surface area contributed by atoms with Crippen molar-refractivity contribution in [1.29, 1.82) is 0 Å². The van der Waals surface area contributed by atoms with Crippen LogP contribution in [0.5, 0.6) is 11.6 Å². The lowest BCUT2D eigenvalue weighted by molar-refractivity contribution is 0.456. The molecule has 0 bridgehead atoms. The van der Waals surface area contributed by atoms with Crippen LogP contribution in [0.1, 0.15) is 0 Å². The Labute approximate surface area is 130 Å². The molecule has 0 spiro atoms. The molecule has 22 heavy (non-hydrogen) atoms. The van der Waals surface area contributed by atoms with Gasteiger partial charge < -0.3 is 4.74 Å². The van der Waals surface area contributed by atoms with Crippen LogP contribution in [0.3, 0.4) is 0 Å². The number of rotatable bonds is 3. The Balaban J connectivity index is 1.98. The van der Waals surface area contributed by atoms with Crippen LogP contribution in [0, 0.1) is 0 Å². The standard InChI is InChI=1S/C16H11ClN2O3/c17-11-6-8-13(9-7-11)22-14-10-15(20)19(16(21)18-14)12-4-2-1-3-5-12/h1-10H,(H,18,21). The van der Waals surface area contributed by atoms with Crippen LogP contribution in [0.4, 0.5) is 0 Å². The summed E-state index contributed by atoms with van der Waals surface area (Å²) in [6.07, 6.45) is 0. The van der Waals surface area contributed by atoms with Gasteiger partial charge >= 0.3 is 5.69 Å². The van der Waals surface area contributed by atoms with Crippen molar-refractivity contribution in [3.8, 4) is 17.3 Å². The highest BCUT2D eigenvalue weighted by Gasteiger charge is 2.07. The third-order valence-electron chi connectivity index (χ3n) is 2.96. The molecular formula is C16H11ClN2O3. The first-order valence-corrected chi connectivity index (χ1v) is 6.86. The Bertz CT molecular complexity index is 868. The highest BCUT2D eigenvalue weighted by molar-refractivity contribution is 6.30. The molecule has 2 aromatic carbocycles. The fourth-order valence-corrected chi connectivity index (χ4v) is 2.11. The van der Waals surface area contributed by atoms with E-state index in [1.54, 1.807) is 54.6 Å². The molecule has 0 unspecified atom stereocenters. The van der Waals surface area contributed by atoms with Gasteiger partial charge in [0.05, 0.1) is 11.8 Å². The molecule has 6 heteroatoms. The maximum Gasteiger partial charge on any atom is 0.335 e. The van der Waals surface area contributed by atoms with Gasteiger partial charge in [-0.2, -0.15) is 0 Å². The molecule has 0 saturated heterocycles. The average molecular weight is 315 g/mol. The highest BCUT2D eigenvalue weighted by Crippen LogP contribution is 2.20. The number of ether oxygens (including phenoxy) is 1. The van der Waals surface area contributed by atoms with E-state index in [0.29, 0.717) is 16.5 Å². The quantitative estimate of drug-likeness (QED) is 0.808. The monoisotopic (exact) mass is 314 g/mol. The number of H-pyrrole nitrogens is 1. The summed E-state index contributed by atoms with van der Waals surface area (Å²) in [6, 6.07) is 16.5. The van der Waals surface area contributed by atoms with E-state index in [1.807, 2.05) is 0 Å². The van der Waals surface area contributed by atoms with E-state index in [-0.39, 0.29) is 5.88 Å². The van der Waals surface area contributed by atoms with Crippen molar-refractivity contribution in [2.75, 3.05) is 0 Å². The maximum atomic E-state index is 12.1. The van der Waals surface area contributed by atoms with Crippen LogP contribution in [-0.2, 0) is 0 Å². The number of aromatic nitrogens is 2. The van der Waals surface area contributed by atoms with Crippen LogP contribution < -0.4 is 16.0 Å². The van der Waals surface area contributed by atoms with Gasteiger partial charge in [-0.25, -0.2) is 9.36 Å². The van der Waals surface area contributed by atoms with Crippen molar-refractivity contribution < 1.29 is 4.74 Å². The Morgan fingerprint density at radius 1 is 0.955 bits per heavy atom. The average Bonchev–Trinajstić information content (AvgIpc) is 2.50. The van der Waals surface area contributed by atoms with Crippen molar-refractivity contribution in [2.24, 2.45) is 0 Å². The third kappa shape index (κ3) is 2.94. The largest absolute Gasteiger partial charge is 0.441 e. The molecule has 0 fully saturated rings. The van der Waals surface area contributed by atoms with Crippen LogP contribution in [0.25, 0.3) is 5.69 Å². The first-order chi connectivity index (χ1) is 10.6. The SMILES string of the molecule is O=c1cc(Oc2ccc(Cl)cc2)[nH]c(=O)n1-c1ccccc1. The molecule has 1 aromatic heterocycles. The summed E-state index contributed by atoms with van der Waals surface area (Å²) in [5.74, 6) is 0.543. The van der Waals surface area contributed by atoms with Crippen LogP contribution in [-0.4, -0.2) is 9.55 Å². The molecule has 110 valence electrons. The second-order valence-corrected chi connectivity index (χ2v) is 4.94. The number of hydrogen-bond donors (Lipinski definition) is 1. The molecule has 0 aliphatic rings. The summed E-state index contributed by atoms with van der Waals surface area (Å²) in [5, 5.41) is 0.570. The topological polar surface area (TPSA) is 64.1 Å². The second-order valence-electron chi connectivity index (χ2n) is 4.50. The lowest BCUT2D eigenvalue weighted by atomic mass is 10.3. The van der Waals surface area contributed by atoms with Crippen molar-refractivity contribution in [2.45, 2.75) is 0 Å². The number of para-hydroxylation sites is 1. The summed E-state index contributed by atoms with van der Waals surface area (Å²) in [7, 11) is 0. The molecule has 0 amide bonds. The van der Waals surface area contributed by atoms with E-state index < -0.39 is 11.2 Å². The van der Waals surface area contributed by atoms with Gasteiger partial charge in [-0.15, -0.1) is 0 Å². The zero-order valence-corrected chi connectivity index (χ0v) is 12.1. The zero-order valence-electron chi connectivity index (χ0n) is 11.3. The van der Waals surface area contributed by atoms with Gasteiger partial charge in [0.2, 0.25) is 5.88 Å². The third-order valence-corrected chi connectivity index (χ3v) is 3.22. The van der Waals surface area contributed by atoms with E-state index in [9.17, 15) is 9.59 Å². The Hall–Kier alpha value is -2.79. The molecule has 0 aliphatic heterocycles. The van der Waals surface area contributed by atoms with Crippen LogP contribution in [0.15, 0.2) is 70.3 Å². The molecule has 0 radical (unpaired) electrons. The Morgan fingerprint density at radius 2 is 1.64 bits per heavy atom. The number of nitrogens with zero attached hydrogens (tertiary/aromatic N) is 1. The fourth-order valence-electron chi connectivity index (χ4n) is 1.98. The summed E-state index contributed by atoms with van der Waals surface area (Å²) >= 11 is 5.79. The summed E-state index contributed by atoms with van der Waals surface area (Å²) < 4.78 is 6.49. The van der Waals surface area contributed by atoms with E-state index >= 15 is 0 Å². The number of nitrogens with one attached hydrogen (secondary N) is 1. The molecule has 0 aliphatic carbocycles. The number of halogens is 1. The van der Waals surface area contributed by atoms with Gasteiger partial charge in [-0.1, -0.05) is 29.8 Å². The summed E-state index contributed by atoms with van der Waals surface area (Å²) in [4.78, 5) is 26.8. The molecule has 3 rings (SSSR count). The maximum absolute atomic E-state index is 12.1. The predicted octanol–water partition coefficient (Wildman–Crippen LogP) is 2.97. The Morgan fingerprint density at radius 3 is 2.27 bits per heavy atom. The molecule has 1 heterocycles. The normalized spacial score (nSPS) is 10.4. The minimum atomic E-state index is -0.567. The van der Waals surface area contributed by atoms with E-state index in [0.717, 1.165) is 4.57 Å². The molecule has 3 aromatic rings. The molecule has 1 N–H and O–H groups in total. The molecular weight excluding hydrogens is 304 g/mol. The van der Waals surface area contributed by atoms with Crippen LogP contribution >= 0.6 is 11.6 Å². The van der Waals surface area contributed by atoms with Crippen molar-refractivity contribution in [3.63, 3.8) is 0 Å². The lowest BCUT2D eigenvalue weighted by Crippen LogP contribution is -2.32. The smallest absolute Gasteiger partial charge is 0.335 e. The second kappa shape index (κ2) is 5.91.